The summed E-state index contributed by atoms with van der Waals surface area (Å²) in [5.74, 6) is 0.520. The molecule has 1 heterocycles. The molecule has 0 spiro atoms. The first-order valence-electron chi connectivity index (χ1n) is 12.2. The molecule has 186 valence electrons. The van der Waals surface area contributed by atoms with Gasteiger partial charge in [0, 0.05) is 30.5 Å². The summed E-state index contributed by atoms with van der Waals surface area (Å²) in [7, 11) is 0. The molecule has 4 rings (SSSR count). The molecule has 0 atom stereocenters. The highest BCUT2D eigenvalue weighted by Crippen LogP contribution is 2.29. The Morgan fingerprint density at radius 2 is 1.61 bits per heavy atom. The monoisotopic (exact) mass is 500 g/mol. The Morgan fingerprint density at radius 3 is 2.28 bits per heavy atom. The van der Waals surface area contributed by atoms with E-state index >= 15 is 0 Å². The Kier molecular flexibility index (Phi) is 8.74. The highest BCUT2D eigenvalue weighted by atomic mass is 32.1. The quantitative estimate of drug-likeness (QED) is 0.225. The zero-order valence-electron chi connectivity index (χ0n) is 20.8. The van der Waals surface area contributed by atoms with Crippen LogP contribution < -0.4 is 9.64 Å². The Bertz CT molecular complexity index is 1240. The number of anilines is 1. The molecular formula is C30H32N2O3S. The van der Waals surface area contributed by atoms with Crippen LogP contribution in [-0.2, 0) is 24.4 Å². The van der Waals surface area contributed by atoms with Crippen LogP contribution in [0.3, 0.4) is 0 Å². The zero-order chi connectivity index (χ0) is 25.3. The normalized spacial score (nSPS) is 11.0. The lowest BCUT2D eigenvalue weighted by Gasteiger charge is -2.24. The minimum Gasteiger partial charge on any atom is -0.489 e. The van der Waals surface area contributed by atoms with E-state index in [0.29, 0.717) is 18.9 Å². The smallest absolute Gasteiger partial charge is 0.303 e. The number of aromatic nitrogens is 1. The first-order chi connectivity index (χ1) is 17.5. The van der Waals surface area contributed by atoms with Crippen molar-refractivity contribution in [1.29, 1.82) is 0 Å². The SMILES string of the molecule is CC(C)CN(Cc1ccc(COc2ccc(CCC(=O)O)cc2)cc1)c1nc(-c2ccccc2)cs1. The first-order valence-corrected chi connectivity index (χ1v) is 13.1. The van der Waals surface area contributed by atoms with Gasteiger partial charge >= 0.3 is 5.97 Å². The van der Waals surface area contributed by atoms with Gasteiger partial charge in [-0.1, -0.05) is 80.6 Å². The van der Waals surface area contributed by atoms with Crippen LogP contribution in [0.1, 0.15) is 37.0 Å². The van der Waals surface area contributed by atoms with Crippen molar-refractivity contribution in [2.45, 2.75) is 39.8 Å². The van der Waals surface area contributed by atoms with Crippen molar-refractivity contribution in [2.24, 2.45) is 5.92 Å². The lowest BCUT2D eigenvalue weighted by Crippen LogP contribution is -2.27. The number of ether oxygens (including phenoxy) is 1. The summed E-state index contributed by atoms with van der Waals surface area (Å²) in [5, 5.41) is 12.0. The van der Waals surface area contributed by atoms with Crippen molar-refractivity contribution in [2.75, 3.05) is 11.4 Å². The van der Waals surface area contributed by atoms with Gasteiger partial charge in [0.05, 0.1) is 5.69 Å². The predicted molar refractivity (Wildman–Crippen MR) is 147 cm³/mol. The fourth-order valence-electron chi connectivity index (χ4n) is 3.93. The van der Waals surface area contributed by atoms with E-state index in [1.807, 2.05) is 42.5 Å². The fraction of sp³-hybridized carbons (Fsp3) is 0.267. The molecule has 3 aromatic carbocycles. The average Bonchev–Trinajstić information content (AvgIpc) is 3.38. The number of rotatable bonds is 12. The molecule has 0 aliphatic heterocycles. The van der Waals surface area contributed by atoms with Crippen molar-refractivity contribution in [1.82, 2.24) is 4.98 Å². The summed E-state index contributed by atoms with van der Waals surface area (Å²) in [5.41, 5.74) is 5.50. The van der Waals surface area contributed by atoms with Gasteiger partial charge in [0.1, 0.15) is 12.4 Å². The van der Waals surface area contributed by atoms with Gasteiger partial charge in [0.2, 0.25) is 0 Å². The second-order valence-corrected chi connectivity index (χ2v) is 10.1. The molecule has 0 saturated heterocycles. The molecule has 0 unspecified atom stereocenters. The van der Waals surface area contributed by atoms with Crippen molar-refractivity contribution in [3.05, 3.63) is 101 Å². The number of aliphatic carboxylic acids is 1. The van der Waals surface area contributed by atoms with Crippen molar-refractivity contribution in [3.8, 4) is 17.0 Å². The zero-order valence-corrected chi connectivity index (χ0v) is 21.6. The van der Waals surface area contributed by atoms with Crippen molar-refractivity contribution >= 4 is 22.4 Å². The van der Waals surface area contributed by atoms with Gasteiger partial charge in [-0.05, 0) is 41.2 Å². The van der Waals surface area contributed by atoms with Gasteiger partial charge in [-0.25, -0.2) is 4.98 Å². The molecule has 0 amide bonds. The van der Waals surface area contributed by atoms with Crippen molar-refractivity contribution < 1.29 is 14.6 Å². The van der Waals surface area contributed by atoms with Gasteiger partial charge in [0.25, 0.3) is 0 Å². The minimum absolute atomic E-state index is 0.137. The third-order valence-corrected chi connectivity index (χ3v) is 6.67. The lowest BCUT2D eigenvalue weighted by molar-refractivity contribution is -0.136. The molecule has 0 saturated carbocycles. The topological polar surface area (TPSA) is 62.7 Å². The molecule has 36 heavy (non-hydrogen) atoms. The van der Waals surface area contributed by atoms with Crippen LogP contribution in [0.5, 0.6) is 5.75 Å². The molecule has 0 aliphatic carbocycles. The van der Waals surface area contributed by atoms with Gasteiger partial charge in [-0.15, -0.1) is 11.3 Å². The molecule has 1 aromatic heterocycles. The van der Waals surface area contributed by atoms with E-state index in [9.17, 15) is 4.79 Å². The number of hydrogen-bond acceptors (Lipinski definition) is 5. The number of carboxylic acids is 1. The van der Waals surface area contributed by atoms with E-state index < -0.39 is 5.97 Å². The molecular weight excluding hydrogens is 468 g/mol. The van der Waals surface area contributed by atoms with Crippen LogP contribution in [0.25, 0.3) is 11.3 Å². The highest BCUT2D eigenvalue weighted by molar-refractivity contribution is 7.14. The maximum atomic E-state index is 10.7. The van der Waals surface area contributed by atoms with E-state index in [-0.39, 0.29) is 6.42 Å². The molecule has 4 aromatic rings. The number of nitrogens with zero attached hydrogens (tertiary/aromatic N) is 2. The summed E-state index contributed by atoms with van der Waals surface area (Å²) in [6.07, 6.45) is 0.664. The van der Waals surface area contributed by atoms with Gasteiger partial charge < -0.3 is 14.7 Å². The Labute approximate surface area is 217 Å². The maximum absolute atomic E-state index is 10.7. The molecule has 0 fully saturated rings. The van der Waals surface area contributed by atoms with Crippen LogP contribution in [0, 0.1) is 5.92 Å². The van der Waals surface area contributed by atoms with E-state index in [4.69, 9.17) is 14.8 Å². The number of carboxylic acid groups (broad SMARTS) is 1. The Balaban J connectivity index is 1.36. The number of hydrogen-bond donors (Lipinski definition) is 1. The van der Waals surface area contributed by atoms with Gasteiger partial charge in [-0.3, -0.25) is 4.79 Å². The molecule has 0 aliphatic rings. The van der Waals surface area contributed by atoms with Crippen LogP contribution in [0.15, 0.2) is 84.2 Å². The minimum atomic E-state index is -0.783. The standard InChI is InChI=1S/C30H32N2O3S/c1-22(2)18-32(30-31-28(21-36-30)26-6-4-3-5-7-26)19-24-8-10-25(11-9-24)20-35-27-15-12-23(13-16-27)14-17-29(33)34/h3-13,15-16,21-22H,14,17-20H2,1-2H3,(H,33,34). The first kappa shape index (κ1) is 25.5. The molecule has 0 radical (unpaired) electrons. The molecule has 0 bridgehead atoms. The summed E-state index contributed by atoms with van der Waals surface area (Å²) < 4.78 is 5.93. The van der Waals surface area contributed by atoms with E-state index in [2.05, 4.69) is 60.5 Å². The summed E-state index contributed by atoms with van der Waals surface area (Å²) in [6.45, 7) is 6.70. The van der Waals surface area contributed by atoms with E-state index in [0.717, 1.165) is 46.4 Å². The predicted octanol–water partition coefficient (Wildman–Crippen LogP) is 7.07. The second-order valence-electron chi connectivity index (χ2n) is 9.30. The highest BCUT2D eigenvalue weighted by Gasteiger charge is 2.14. The maximum Gasteiger partial charge on any atom is 0.303 e. The van der Waals surface area contributed by atoms with E-state index in [1.165, 1.54) is 5.56 Å². The molecule has 1 N–H and O–H groups in total. The van der Waals surface area contributed by atoms with Crippen molar-refractivity contribution in [3.63, 3.8) is 0 Å². The summed E-state index contributed by atoms with van der Waals surface area (Å²) >= 11 is 1.69. The molecule has 6 heteroatoms. The fourth-order valence-corrected chi connectivity index (χ4v) is 4.78. The average molecular weight is 501 g/mol. The van der Waals surface area contributed by atoms with Crippen LogP contribution >= 0.6 is 11.3 Å². The molecule has 5 nitrogen and oxygen atoms in total. The summed E-state index contributed by atoms with van der Waals surface area (Å²) in [6, 6.07) is 26.5. The number of thiazole rings is 1. The summed E-state index contributed by atoms with van der Waals surface area (Å²) in [4.78, 5) is 18.0. The van der Waals surface area contributed by atoms with Gasteiger partial charge in [-0.2, -0.15) is 0 Å². The third kappa shape index (κ3) is 7.43. The van der Waals surface area contributed by atoms with Crippen LogP contribution in [0.2, 0.25) is 0 Å². The largest absolute Gasteiger partial charge is 0.489 e. The van der Waals surface area contributed by atoms with Crippen LogP contribution in [-0.4, -0.2) is 22.6 Å². The number of carbonyl (C=O) groups is 1. The van der Waals surface area contributed by atoms with Crippen LogP contribution in [0.4, 0.5) is 5.13 Å². The van der Waals surface area contributed by atoms with Gasteiger partial charge in [0.15, 0.2) is 5.13 Å². The van der Waals surface area contributed by atoms with E-state index in [1.54, 1.807) is 11.3 Å². The lowest BCUT2D eigenvalue weighted by atomic mass is 10.1. The number of benzene rings is 3. The Hall–Kier alpha value is -3.64. The second kappa shape index (κ2) is 12.4. The number of aryl methyl sites for hydroxylation is 1. The Morgan fingerprint density at radius 1 is 0.944 bits per heavy atom. The third-order valence-electron chi connectivity index (χ3n) is 5.77.